The van der Waals surface area contributed by atoms with Crippen molar-refractivity contribution >= 4 is 5.91 Å². The Balaban J connectivity index is 2.39. The van der Waals surface area contributed by atoms with E-state index in [1.165, 1.54) is 25.7 Å². The summed E-state index contributed by atoms with van der Waals surface area (Å²) in [6.07, 6.45) is 6.16. The molecule has 3 nitrogen and oxygen atoms in total. The molecule has 0 unspecified atom stereocenters. The SMILES string of the molecule is CC[C@H](C)[C@H](N)C(=O)N(C)CC1CCCC1. The van der Waals surface area contributed by atoms with Gasteiger partial charge in [-0.05, 0) is 24.7 Å². The molecule has 0 spiro atoms. The van der Waals surface area contributed by atoms with Gasteiger partial charge in [0, 0.05) is 13.6 Å². The molecule has 0 saturated heterocycles. The second-order valence-electron chi connectivity index (χ2n) is 5.28. The molecule has 0 bridgehead atoms. The Labute approximate surface area is 99.4 Å². The molecule has 1 amide bonds. The number of carbonyl (C=O) groups is 1. The summed E-state index contributed by atoms with van der Waals surface area (Å²) in [5.74, 6) is 1.10. The number of hydrogen-bond donors (Lipinski definition) is 1. The minimum atomic E-state index is -0.323. The van der Waals surface area contributed by atoms with Crippen molar-refractivity contribution in [2.45, 2.75) is 52.0 Å². The molecule has 1 fully saturated rings. The molecular weight excluding hydrogens is 200 g/mol. The fraction of sp³-hybridized carbons (Fsp3) is 0.923. The molecule has 1 rings (SSSR count). The average molecular weight is 226 g/mol. The van der Waals surface area contributed by atoms with E-state index in [0.29, 0.717) is 5.92 Å². The molecule has 0 radical (unpaired) electrons. The normalized spacial score (nSPS) is 20.8. The lowest BCUT2D eigenvalue weighted by Crippen LogP contribution is -2.46. The number of likely N-dealkylation sites (N-methyl/N-ethyl adjacent to an activating group) is 1. The van der Waals surface area contributed by atoms with Gasteiger partial charge in [0.25, 0.3) is 0 Å². The molecule has 2 atom stereocenters. The predicted octanol–water partition coefficient (Wildman–Crippen LogP) is 2.01. The topological polar surface area (TPSA) is 46.3 Å². The fourth-order valence-corrected chi connectivity index (χ4v) is 2.42. The molecule has 2 N–H and O–H groups in total. The maximum atomic E-state index is 12.0. The number of amides is 1. The summed E-state index contributed by atoms with van der Waals surface area (Å²) in [6, 6.07) is -0.323. The van der Waals surface area contributed by atoms with Crippen LogP contribution in [0, 0.1) is 11.8 Å². The molecule has 0 aliphatic heterocycles. The maximum absolute atomic E-state index is 12.0. The van der Waals surface area contributed by atoms with Gasteiger partial charge in [0.15, 0.2) is 0 Å². The van der Waals surface area contributed by atoms with Crippen molar-refractivity contribution in [1.82, 2.24) is 4.90 Å². The molecule has 0 heterocycles. The van der Waals surface area contributed by atoms with Gasteiger partial charge in [0.1, 0.15) is 0 Å². The molecule has 1 aliphatic carbocycles. The second kappa shape index (κ2) is 6.24. The zero-order valence-electron chi connectivity index (χ0n) is 10.9. The van der Waals surface area contributed by atoms with Crippen LogP contribution in [0.25, 0.3) is 0 Å². The molecule has 16 heavy (non-hydrogen) atoms. The monoisotopic (exact) mass is 226 g/mol. The summed E-state index contributed by atoms with van der Waals surface area (Å²) < 4.78 is 0. The van der Waals surface area contributed by atoms with Crippen molar-refractivity contribution in [3.05, 3.63) is 0 Å². The van der Waals surface area contributed by atoms with Crippen LogP contribution in [0.3, 0.4) is 0 Å². The molecule has 1 aliphatic rings. The minimum Gasteiger partial charge on any atom is -0.344 e. The second-order valence-corrected chi connectivity index (χ2v) is 5.28. The molecule has 0 aromatic heterocycles. The van der Waals surface area contributed by atoms with Crippen LogP contribution < -0.4 is 5.73 Å². The van der Waals surface area contributed by atoms with Gasteiger partial charge in [-0.1, -0.05) is 33.1 Å². The highest BCUT2D eigenvalue weighted by Crippen LogP contribution is 2.25. The molecule has 94 valence electrons. The first-order valence-corrected chi connectivity index (χ1v) is 6.56. The third-order valence-electron chi connectivity index (χ3n) is 3.93. The quantitative estimate of drug-likeness (QED) is 0.779. The number of carbonyl (C=O) groups excluding carboxylic acids is 1. The highest BCUT2D eigenvalue weighted by atomic mass is 16.2. The van der Waals surface area contributed by atoms with E-state index in [1.54, 1.807) is 0 Å². The van der Waals surface area contributed by atoms with Crippen LogP contribution in [-0.2, 0) is 4.79 Å². The first kappa shape index (κ1) is 13.5. The Hall–Kier alpha value is -0.570. The average Bonchev–Trinajstić information content (AvgIpc) is 2.78. The third-order valence-corrected chi connectivity index (χ3v) is 3.93. The van der Waals surface area contributed by atoms with E-state index in [2.05, 4.69) is 6.92 Å². The Kier molecular flexibility index (Phi) is 5.26. The number of rotatable bonds is 5. The van der Waals surface area contributed by atoms with Gasteiger partial charge in [-0.15, -0.1) is 0 Å². The van der Waals surface area contributed by atoms with Crippen LogP contribution in [-0.4, -0.2) is 30.4 Å². The molecule has 3 heteroatoms. The third kappa shape index (κ3) is 3.48. The lowest BCUT2D eigenvalue weighted by molar-refractivity contribution is -0.133. The van der Waals surface area contributed by atoms with E-state index in [0.717, 1.165) is 13.0 Å². The number of nitrogens with two attached hydrogens (primary N) is 1. The molecule has 1 saturated carbocycles. The summed E-state index contributed by atoms with van der Waals surface area (Å²) in [7, 11) is 1.89. The minimum absolute atomic E-state index is 0.112. The van der Waals surface area contributed by atoms with Crippen LogP contribution in [0.5, 0.6) is 0 Å². The van der Waals surface area contributed by atoms with Gasteiger partial charge in [-0.2, -0.15) is 0 Å². The Morgan fingerprint density at radius 3 is 2.50 bits per heavy atom. The lowest BCUT2D eigenvalue weighted by atomic mass is 9.98. The molecular formula is C13H26N2O. The highest BCUT2D eigenvalue weighted by molar-refractivity contribution is 5.81. The van der Waals surface area contributed by atoms with E-state index in [9.17, 15) is 4.79 Å². The van der Waals surface area contributed by atoms with Gasteiger partial charge < -0.3 is 10.6 Å². The van der Waals surface area contributed by atoms with Gasteiger partial charge in [0.05, 0.1) is 6.04 Å². The van der Waals surface area contributed by atoms with Crippen LogP contribution in [0.15, 0.2) is 0 Å². The van der Waals surface area contributed by atoms with Crippen molar-refractivity contribution in [2.24, 2.45) is 17.6 Å². The Bertz CT molecular complexity index is 224. The van der Waals surface area contributed by atoms with Crippen molar-refractivity contribution < 1.29 is 4.79 Å². The van der Waals surface area contributed by atoms with Gasteiger partial charge in [-0.3, -0.25) is 4.79 Å². The van der Waals surface area contributed by atoms with E-state index in [-0.39, 0.29) is 17.9 Å². The zero-order valence-corrected chi connectivity index (χ0v) is 10.9. The molecule has 0 aromatic rings. The van der Waals surface area contributed by atoms with Crippen LogP contribution in [0.2, 0.25) is 0 Å². The largest absolute Gasteiger partial charge is 0.344 e. The Morgan fingerprint density at radius 1 is 1.44 bits per heavy atom. The van der Waals surface area contributed by atoms with Crippen molar-refractivity contribution in [3.8, 4) is 0 Å². The smallest absolute Gasteiger partial charge is 0.239 e. The summed E-state index contributed by atoms with van der Waals surface area (Å²) in [6.45, 7) is 5.02. The van der Waals surface area contributed by atoms with Crippen LogP contribution in [0.1, 0.15) is 46.0 Å². The standard InChI is InChI=1S/C13H26N2O/c1-4-10(2)12(14)13(16)15(3)9-11-7-5-6-8-11/h10-12H,4-9,14H2,1-3H3/t10-,12-/m0/s1. The summed E-state index contributed by atoms with van der Waals surface area (Å²) in [5.41, 5.74) is 5.96. The summed E-state index contributed by atoms with van der Waals surface area (Å²) in [4.78, 5) is 13.9. The van der Waals surface area contributed by atoms with E-state index in [4.69, 9.17) is 5.73 Å². The van der Waals surface area contributed by atoms with Crippen molar-refractivity contribution in [1.29, 1.82) is 0 Å². The van der Waals surface area contributed by atoms with E-state index < -0.39 is 0 Å². The first-order valence-electron chi connectivity index (χ1n) is 6.56. The maximum Gasteiger partial charge on any atom is 0.239 e. The van der Waals surface area contributed by atoms with E-state index in [1.807, 2.05) is 18.9 Å². The molecule has 0 aromatic carbocycles. The lowest BCUT2D eigenvalue weighted by Gasteiger charge is -2.26. The van der Waals surface area contributed by atoms with E-state index >= 15 is 0 Å². The number of hydrogen-bond acceptors (Lipinski definition) is 2. The summed E-state index contributed by atoms with van der Waals surface area (Å²) >= 11 is 0. The Morgan fingerprint density at radius 2 is 2.00 bits per heavy atom. The van der Waals surface area contributed by atoms with Gasteiger partial charge in [-0.25, -0.2) is 0 Å². The first-order chi connectivity index (χ1) is 7.56. The summed E-state index contributed by atoms with van der Waals surface area (Å²) in [5, 5.41) is 0. The van der Waals surface area contributed by atoms with Crippen molar-refractivity contribution in [2.75, 3.05) is 13.6 Å². The zero-order chi connectivity index (χ0) is 12.1. The van der Waals surface area contributed by atoms with Crippen LogP contribution in [0.4, 0.5) is 0 Å². The highest BCUT2D eigenvalue weighted by Gasteiger charge is 2.25. The van der Waals surface area contributed by atoms with Crippen LogP contribution >= 0.6 is 0 Å². The van der Waals surface area contributed by atoms with Gasteiger partial charge in [0.2, 0.25) is 5.91 Å². The number of nitrogens with zero attached hydrogens (tertiary/aromatic N) is 1. The predicted molar refractivity (Wildman–Crippen MR) is 67.0 cm³/mol. The fourth-order valence-electron chi connectivity index (χ4n) is 2.42. The van der Waals surface area contributed by atoms with Crippen molar-refractivity contribution in [3.63, 3.8) is 0 Å². The van der Waals surface area contributed by atoms with Gasteiger partial charge >= 0.3 is 0 Å².